The summed E-state index contributed by atoms with van der Waals surface area (Å²) < 4.78 is 15.7. The minimum Gasteiger partial charge on any atom is -0.453 e. The summed E-state index contributed by atoms with van der Waals surface area (Å²) in [5, 5.41) is 8.30. The molecule has 6 aromatic rings. The van der Waals surface area contributed by atoms with Gasteiger partial charge >= 0.3 is 18.2 Å². The number of nitrogens with zero attached hydrogens (tertiary/aromatic N) is 5. The molecule has 346 valence electrons. The van der Waals surface area contributed by atoms with Crippen LogP contribution in [0.4, 0.5) is 14.4 Å². The fourth-order valence-corrected chi connectivity index (χ4v) is 11.4. The number of hydrazine groups is 1. The van der Waals surface area contributed by atoms with Gasteiger partial charge in [-0.15, -0.1) is 0 Å². The number of fused-ring (bicyclic) bond motifs is 7. The second-order valence-electron chi connectivity index (χ2n) is 19.5. The normalized spacial score (nSPS) is 23.4. The Morgan fingerprint density at radius 3 is 2.29 bits per heavy atom. The van der Waals surface area contributed by atoms with Crippen molar-refractivity contribution >= 4 is 67.7 Å². The zero-order valence-electron chi connectivity index (χ0n) is 38.5. The van der Waals surface area contributed by atoms with Gasteiger partial charge in [-0.2, -0.15) is 0 Å². The van der Waals surface area contributed by atoms with E-state index in [4.69, 9.17) is 24.2 Å². The molecule has 2 aromatic heterocycles. The predicted octanol–water partition coefficient (Wildman–Crippen LogP) is 8.88. The summed E-state index contributed by atoms with van der Waals surface area (Å²) in [7, 11) is 2.59. The number of methoxy groups -OCH3 is 2. The summed E-state index contributed by atoms with van der Waals surface area (Å²) in [4.78, 5) is 74.5. The van der Waals surface area contributed by atoms with Gasteiger partial charge in [0.1, 0.15) is 17.7 Å². The number of imidazole rings is 2. The van der Waals surface area contributed by atoms with E-state index in [0.29, 0.717) is 32.1 Å². The number of aromatic amines is 2. The predicted molar refractivity (Wildman–Crippen MR) is 250 cm³/mol. The molecule has 4 aliphatic rings. The maximum atomic E-state index is 14.3. The fraction of sp³-hybridized carbons (Fsp3) is 0.480. The van der Waals surface area contributed by atoms with E-state index in [0.717, 1.165) is 105 Å². The van der Waals surface area contributed by atoms with E-state index in [2.05, 4.69) is 75.3 Å². The van der Waals surface area contributed by atoms with Crippen molar-refractivity contribution in [1.82, 2.24) is 45.5 Å². The fourth-order valence-electron chi connectivity index (χ4n) is 11.4. The van der Waals surface area contributed by atoms with Gasteiger partial charge < -0.3 is 39.3 Å². The third-order valence-corrected chi connectivity index (χ3v) is 14.7. The molecule has 3 saturated heterocycles. The minimum absolute atomic E-state index is 0.0718. The zero-order valence-corrected chi connectivity index (χ0v) is 38.5. The van der Waals surface area contributed by atoms with Gasteiger partial charge in [0, 0.05) is 41.4 Å². The van der Waals surface area contributed by atoms with Crippen LogP contribution < -0.4 is 10.7 Å². The van der Waals surface area contributed by atoms with E-state index in [-0.39, 0.29) is 47.4 Å². The molecule has 5 amide bonds. The van der Waals surface area contributed by atoms with Crippen LogP contribution in [0, 0.1) is 17.3 Å². The number of nitrogens with one attached hydrogen (secondary N) is 4. The van der Waals surface area contributed by atoms with Crippen LogP contribution in [0.3, 0.4) is 0 Å². The molecule has 4 fully saturated rings. The number of ether oxygens (including phenoxy) is 3. The van der Waals surface area contributed by atoms with Gasteiger partial charge in [0.15, 0.2) is 0 Å². The number of hydrogen-bond acceptors (Lipinski definition) is 9. The van der Waals surface area contributed by atoms with Gasteiger partial charge in [0.25, 0.3) is 0 Å². The molecule has 0 radical (unpaired) electrons. The number of benzene rings is 4. The molecule has 66 heavy (non-hydrogen) atoms. The molecule has 0 bridgehead atoms. The molecule has 5 heterocycles. The van der Waals surface area contributed by atoms with Crippen molar-refractivity contribution in [3.8, 4) is 11.1 Å². The number of aromatic nitrogens is 4. The van der Waals surface area contributed by atoms with Gasteiger partial charge in [-0.25, -0.2) is 34.8 Å². The Labute approximate surface area is 383 Å². The number of carbonyl (C=O) groups is 4. The molecule has 10 rings (SSSR count). The highest BCUT2D eigenvalue weighted by molar-refractivity contribution is 6.07. The van der Waals surface area contributed by atoms with E-state index in [1.54, 1.807) is 0 Å². The molecular weight excluding hydrogens is 839 g/mol. The Morgan fingerprint density at radius 1 is 0.848 bits per heavy atom. The monoisotopic (exact) mass is 897 g/mol. The highest BCUT2D eigenvalue weighted by atomic mass is 16.5. The van der Waals surface area contributed by atoms with E-state index in [9.17, 15) is 19.2 Å². The van der Waals surface area contributed by atoms with Crippen molar-refractivity contribution in [3.05, 3.63) is 72.3 Å². The summed E-state index contributed by atoms with van der Waals surface area (Å²) in [5.74, 6) is 1.54. The van der Waals surface area contributed by atoms with Gasteiger partial charge in [-0.05, 0) is 110 Å². The molecule has 3 aliphatic heterocycles. The molecule has 1 saturated carbocycles. The molecule has 4 aromatic carbocycles. The van der Waals surface area contributed by atoms with Crippen molar-refractivity contribution in [1.29, 1.82) is 0 Å². The van der Waals surface area contributed by atoms with E-state index < -0.39 is 18.2 Å². The van der Waals surface area contributed by atoms with Gasteiger partial charge in [0.05, 0.1) is 55.0 Å². The molecule has 6 atom stereocenters. The zero-order chi connectivity index (χ0) is 46.0. The quantitative estimate of drug-likeness (QED) is 0.114. The summed E-state index contributed by atoms with van der Waals surface area (Å²) in [6.45, 7) is 9.41. The third-order valence-electron chi connectivity index (χ3n) is 14.7. The molecular formula is C50H59N9O7. The summed E-state index contributed by atoms with van der Waals surface area (Å²) in [5.41, 5.74) is 8.07. The Bertz CT molecular complexity index is 2870. The summed E-state index contributed by atoms with van der Waals surface area (Å²) in [6, 6.07) is 19.4. The van der Waals surface area contributed by atoms with Crippen LogP contribution in [-0.2, 0) is 19.0 Å². The lowest BCUT2D eigenvalue weighted by atomic mass is 9.80. The highest BCUT2D eigenvalue weighted by Crippen LogP contribution is 2.49. The van der Waals surface area contributed by atoms with E-state index in [1.165, 1.54) is 19.2 Å². The summed E-state index contributed by atoms with van der Waals surface area (Å²) in [6.07, 6.45) is 5.13. The van der Waals surface area contributed by atoms with Crippen molar-refractivity contribution in [2.75, 3.05) is 34.0 Å². The van der Waals surface area contributed by atoms with Gasteiger partial charge in [-0.1, -0.05) is 56.7 Å². The topological polar surface area (TPSA) is 187 Å². The van der Waals surface area contributed by atoms with Crippen LogP contribution in [0.25, 0.3) is 54.7 Å². The maximum absolute atomic E-state index is 14.3. The Morgan fingerprint density at radius 2 is 1.58 bits per heavy atom. The average Bonchev–Trinajstić information content (AvgIpc) is 4.17. The van der Waals surface area contributed by atoms with Crippen LogP contribution in [-0.4, -0.2) is 111 Å². The van der Waals surface area contributed by atoms with Gasteiger partial charge in [-0.3, -0.25) is 4.79 Å². The molecule has 1 aliphatic carbocycles. The molecule has 4 N–H and O–H groups in total. The van der Waals surface area contributed by atoms with Crippen LogP contribution in [0.15, 0.2) is 60.7 Å². The van der Waals surface area contributed by atoms with Crippen LogP contribution in [0.1, 0.15) is 96.4 Å². The van der Waals surface area contributed by atoms with Crippen LogP contribution in [0.5, 0.6) is 0 Å². The van der Waals surface area contributed by atoms with Crippen LogP contribution >= 0.6 is 0 Å². The first-order chi connectivity index (χ1) is 31.8. The van der Waals surface area contributed by atoms with E-state index in [1.807, 2.05) is 43.6 Å². The first-order valence-corrected chi connectivity index (χ1v) is 23.4. The second kappa shape index (κ2) is 17.1. The SMILES string of the molecule is COC(=O)N[C@H](C(=O)N1C[C@]2(CCCOC2)C[C@H]1c1nc2ccc3cc(-c4ccc5c(ccc6[nH]c([C@@H]7C[C@@H]8CCC[C@@H]8N7C(=O)N(NC(=O)OC)C(C)C)nc65)c4)ccc3c2[nH]1)C(C)C. The maximum Gasteiger partial charge on any atom is 0.425 e. The number of alkyl carbamates (subject to hydrolysis) is 1. The van der Waals surface area contributed by atoms with Crippen LogP contribution in [0.2, 0.25) is 0 Å². The Balaban J connectivity index is 0.939. The number of rotatable bonds is 7. The lowest BCUT2D eigenvalue weighted by Gasteiger charge is -2.36. The Kier molecular flexibility index (Phi) is 11.3. The number of hydrogen-bond donors (Lipinski definition) is 4. The molecule has 1 spiro atoms. The van der Waals surface area contributed by atoms with E-state index >= 15 is 0 Å². The van der Waals surface area contributed by atoms with Crippen molar-refractivity contribution in [3.63, 3.8) is 0 Å². The minimum atomic E-state index is -0.749. The van der Waals surface area contributed by atoms with Crippen molar-refractivity contribution in [2.24, 2.45) is 17.3 Å². The van der Waals surface area contributed by atoms with Crippen molar-refractivity contribution < 1.29 is 33.4 Å². The van der Waals surface area contributed by atoms with Crippen molar-refractivity contribution in [2.45, 2.75) is 103 Å². The number of urea groups is 1. The number of amides is 5. The Hall–Kier alpha value is -6.42. The first-order valence-electron chi connectivity index (χ1n) is 23.4. The number of likely N-dealkylation sites (tertiary alicyclic amines) is 2. The van der Waals surface area contributed by atoms with Gasteiger partial charge in [0.2, 0.25) is 5.91 Å². The standard InChI is InChI=1S/C50H59N9O7/c1-27(2)41(55-47(61)64-5)46(60)57-25-50(19-8-20-66-26-50)24-40(57)45-52-37-18-14-32-22-30(12-16-35(32)43(37)54-45)29-11-15-34-31(21-29)13-17-36-42(34)53-44(51-36)39-23-33-9-7-10-38(33)58(39)49(63)59(28(3)4)56-48(62)65-6/h11-18,21-22,27-28,33,38-41H,7-10,19-20,23-26H2,1-6H3,(H,51,53)(H,52,54)(H,55,61)(H,56,62)/t33-,38-,39-,40-,41-,50-/m0/s1. The number of H-pyrrole nitrogens is 2. The largest absolute Gasteiger partial charge is 0.453 e. The summed E-state index contributed by atoms with van der Waals surface area (Å²) >= 11 is 0. The molecule has 16 nitrogen and oxygen atoms in total. The molecule has 0 unspecified atom stereocenters. The first kappa shape index (κ1) is 43.5. The smallest absolute Gasteiger partial charge is 0.425 e. The highest BCUT2D eigenvalue weighted by Gasteiger charge is 2.51. The lowest BCUT2D eigenvalue weighted by Crippen LogP contribution is -2.56. The number of carbonyl (C=O) groups excluding carboxylic acids is 4. The molecule has 16 heteroatoms. The average molecular weight is 898 g/mol. The second-order valence-corrected chi connectivity index (χ2v) is 19.5. The lowest BCUT2D eigenvalue weighted by molar-refractivity contribution is -0.136. The third kappa shape index (κ3) is 7.62.